The number of ether oxygens (including phenoxy) is 1. The Hall–Kier alpha value is -4.25. The molecule has 4 rings (SSSR count). The Bertz CT molecular complexity index is 1160. The highest BCUT2D eigenvalue weighted by Gasteiger charge is 2.31. The van der Waals surface area contributed by atoms with E-state index in [1.165, 1.54) is 0 Å². The number of hydrogen-bond donors (Lipinski definition) is 2. The lowest BCUT2D eigenvalue weighted by atomic mass is 10.1. The molecule has 0 saturated carbocycles. The number of carbonyl (C=O) groups excluding carboxylic acids is 2. The molecular weight excluding hydrogens is 394 g/mol. The highest BCUT2D eigenvalue weighted by molar-refractivity contribution is 6.03. The van der Waals surface area contributed by atoms with E-state index in [2.05, 4.69) is 11.0 Å². The molecule has 0 radical (unpaired) electrons. The molecule has 1 aliphatic rings. The normalized spacial score (nSPS) is 15.5. The number of nitrogens with two attached hydrogens (primary N) is 2. The van der Waals surface area contributed by atoms with Gasteiger partial charge in [-0.1, -0.05) is 18.2 Å². The predicted octanol–water partition coefficient (Wildman–Crippen LogP) is 2.43. The molecule has 1 aromatic heterocycles. The van der Waals surface area contributed by atoms with Gasteiger partial charge in [-0.3, -0.25) is 9.59 Å². The summed E-state index contributed by atoms with van der Waals surface area (Å²) in [5.41, 5.74) is 13.1. The molecule has 1 atom stereocenters. The number of anilines is 1. The van der Waals surface area contributed by atoms with Gasteiger partial charge in [0, 0.05) is 18.7 Å². The maximum Gasteiger partial charge on any atom is 0.298 e. The van der Waals surface area contributed by atoms with E-state index in [1.807, 2.05) is 30.3 Å². The van der Waals surface area contributed by atoms with Crippen LogP contribution in [-0.2, 0) is 4.79 Å². The largest absolute Gasteiger partial charge is 0.457 e. The van der Waals surface area contributed by atoms with Gasteiger partial charge in [-0.2, -0.15) is 5.10 Å². The van der Waals surface area contributed by atoms with Crippen LogP contribution in [0.5, 0.6) is 11.5 Å². The van der Waals surface area contributed by atoms with E-state index < -0.39 is 5.91 Å². The number of nitrogens with zero attached hydrogens (tertiary/aromatic N) is 3. The zero-order chi connectivity index (χ0) is 22.0. The number of para-hydroxylation sites is 1. The molecule has 1 aliphatic heterocycles. The highest BCUT2D eigenvalue weighted by atomic mass is 16.5. The highest BCUT2D eigenvalue weighted by Crippen LogP contribution is 2.33. The number of rotatable bonds is 5. The average Bonchev–Trinajstić information content (AvgIpc) is 3.39. The summed E-state index contributed by atoms with van der Waals surface area (Å²) >= 11 is 0. The van der Waals surface area contributed by atoms with Gasteiger partial charge in [0.2, 0.25) is 0 Å². The number of terminal acetylenes is 1. The average molecular weight is 415 g/mol. The molecule has 0 bridgehead atoms. The Morgan fingerprint density at radius 1 is 1.10 bits per heavy atom. The van der Waals surface area contributed by atoms with E-state index in [1.54, 1.807) is 33.8 Å². The van der Waals surface area contributed by atoms with Crippen molar-refractivity contribution in [1.29, 1.82) is 0 Å². The first kappa shape index (κ1) is 20.0. The van der Waals surface area contributed by atoms with E-state index >= 15 is 0 Å². The second kappa shape index (κ2) is 8.24. The fourth-order valence-electron chi connectivity index (χ4n) is 3.69. The Morgan fingerprint density at radius 2 is 1.77 bits per heavy atom. The number of carbonyl (C=O) groups is 2. The summed E-state index contributed by atoms with van der Waals surface area (Å²) in [7, 11) is 0. The van der Waals surface area contributed by atoms with Crippen LogP contribution in [-0.4, -0.2) is 39.6 Å². The van der Waals surface area contributed by atoms with Crippen LogP contribution in [0.2, 0.25) is 0 Å². The first-order chi connectivity index (χ1) is 15.0. The summed E-state index contributed by atoms with van der Waals surface area (Å²) in [6.07, 6.45) is 5.84. The van der Waals surface area contributed by atoms with Crippen molar-refractivity contribution < 1.29 is 14.3 Å². The van der Waals surface area contributed by atoms with E-state index in [4.69, 9.17) is 22.6 Å². The van der Waals surface area contributed by atoms with Crippen LogP contribution in [0.1, 0.15) is 22.8 Å². The monoisotopic (exact) mass is 415 g/mol. The van der Waals surface area contributed by atoms with Gasteiger partial charge in [-0.15, -0.1) is 6.42 Å². The zero-order valence-corrected chi connectivity index (χ0v) is 16.7. The molecule has 2 amide bonds. The van der Waals surface area contributed by atoms with Crippen molar-refractivity contribution >= 4 is 17.6 Å². The molecule has 1 fully saturated rings. The predicted molar refractivity (Wildman–Crippen MR) is 116 cm³/mol. The van der Waals surface area contributed by atoms with Crippen molar-refractivity contribution in [2.24, 2.45) is 5.73 Å². The smallest absolute Gasteiger partial charge is 0.298 e. The topological polar surface area (TPSA) is 116 Å². The third kappa shape index (κ3) is 3.94. The molecule has 1 unspecified atom stereocenters. The van der Waals surface area contributed by atoms with Gasteiger partial charge in [-0.25, -0.2) is 4.68 Å². The lowest BCUT2D eigenvalue weighted by Crippen LogP contribution is -2.28. The molecule has 1 saturated heterocycles. The summed E-state index contributed by atoms with van der Waals surface area (Å²) in [6, 6.07) is 16.4. The van der Waals surface area contributed by atoms with Crippen LogP contribution < -0.4 is 16.2 Å². The number of amides is 2. The minimum atomic E-state index is -0.669. The second-order valence-corrected chi connectivity index (χ2v) is 7.20. The standard InChI is InChI=1S/C23H21N5O3/c1-2-19(29)27-13-12-16(14-27)28-22(24)20(23(25)30)21(26-28)15-8-10-18(11-9-15)31-17-6-4-3-5-7-17/h1,3-11,16H,12-14,24H2,(H2,25,30). The molecule has 8 nitrogen and oxygen atoms in total. The third-order valence-electron chi connectivity index (χ3n) is 5.22. The summed E-state index contributed by atoms with van der Waals surface area (Å²) in [5, 5.41) is 4.58. The molecule has 4 N–H and O–H groups in total. The van der Waals surface area contributed by atoms with Gasteiger partial charge in [0.1, 0.15) is 28.6 Å². The Kier molecular flexibility index (Phi) is 5.33. The zero-order valence-electron chi connectivity index (χ0n) is 16.7. The van der Waals surface area contributed by atoms with Crippen LogP contribution in [0.15, 0.2) is 54.6 Å². The van der Waals surface area contributed by atoms with E-state index in [9.17, 15) is 9.59 Å². The maximum absolute atomic E-state index is 12.1. The van der Waals surface area contributed by atoms with Gasteiger partial charge in [0.15, 0.2) is 0 Å². The number of aromatic nitrogens is 2. The summed E-state index contributed by atoms with van der Waals surface area (Å²) in [5.74, 6) is 2.60. The summed E-state index contributed by atoms with van der Waals surface area (Å²) < 4.78 is 7.37. The van der Waals surface area contributed by atoms with E-state index in [0.29, 0.717) is 42.3 Å². The molecule has 8 heteroatoms. The SMILES string of the molecule is C#CC(=O)N1CCC(n2nc(-c3ccc(Oc4ccccc4)cc3)c(C(N)=O)c2N)C1. The molecule has 156 valence electrons. The van der Waals surface area contributed by atoms with Crippen LogP contribution >= 0.6 is 0 Å². The van der Waals surface area contributed by atoms with E-state index in [-0.39, 0.29) is 23.3 Å². The molecule has 0 aliphatic carbocycles. The van der Waals surface area contributed by atoms with Crippen molar-refractivity contribution in [3.05, 3.63) is 60.2 Å². The van der Waals surface area contributed by atoms with Crippen molar-refractivity contribution in [2.45, 2.75) is 12.5 Å². The van der Waals surface area contributed by atoms with Crippen LogP contribution in [0.25, 0.3) is 11.3 Å². The van der Waals surface area contributed by atoms with Gasteiger partial charge in [0.05, 0.1) is 6.04 Å². The van der Waals surface area contributed by atoms with Crippen LogP contribution in [0, 0.1) is 12.3 Å². The summed E-state index contributed by atoms with van der Waals surface area (Å²) in [6.45, 7) is 0.871. The van der Waals surface area contributed by atoms with Crippen molar-refractivity contribution in [1.82, 2.24) is 14.7 Å². The van der Waals surface area contributed by atoms with Gasteiger partial charge in [0.25, 0.3) is 11.8 Å². The number of nitrogen functional groups attached to an aromatic ring is 1. The number of likely N-dealkylation sites (tertiary alicyclic amines) is 1. The number of primary amides is 1. The summed E-state index contributed by atoms with van der Waals surface area (Å²) in [4.78, 5) is 25.5. The number of hydrogen-bond acceptors (Lipinski definition) is 5. The first-order valence-electron chi connectivity index (χ1n) is 9.74. The second-order valence-electron chi connectivity index (χ2n) is 7.20. The molecule has 3 aromatic rings. The van der Waals surface area contributed by atoms with Crippen molar-refractivity contribution in [3.63, 3.8) is 0 Å². The Balaban J connectivity index is 1.63. The minimum absolute atomic E-state index is 0.151. The van der Waals surface area contributed by atoms with Crippen molar-refractivity contribution in [2.75, 3.05) is 18.8 Å². The van der Waals surface area contributed by atoms with E-state index in [0.717, 1.165) is 0 Å². The van der Waals surface area contributed by atoms with Crippen molar-refractivity contribution in [3.8, 4) is 35.1 Å². The molecular formula is C23H21N5O3. The lowest BCUT2D eigenvalue weighted by Gasteiger charge is -2.14. The molecule has 31 heavy (non-hydrogen) atoms. The number of benzene rings is 2. The van der Waals surface area contributed by atoms with Gasteiger partial charge in [-0.05, 0) is 48.7 Å². The van der Waals surface area contributed by atoms with Crippen LogP contribution in [0.4, 0.5) is 5.82 Å². The first-order valence-corrected chi connectivity index (χ1v) is 9.74. The molecule has 2 aromatic carbocycles. The van der Waals surface area contributed by atoms with Gasteiger partial charge < -0.3 is 21.1 Å². The fourth-order valence-corrected chi connectivity index (χ4v) is 3.69. The minimum Gasteiger partial charge on any atom is -0.457 e. The third-order valence-corrected chi connectivity index (χ3v) is 5.22. The lowest BCUT2D eigenvalue weighted by molar-refractivity contribution is -0.124. The van der Waals surface area contributed by atoms with Gasteiger partial charge >= 0.3 is 0 Å². The maximum atomic E-state index is 12.1. The molecule has 0 spiro atoms. The Labute approximate surface area is 179 Å². The quantitative estimate of drug-likeness (QED) is 0.621. The molecule has 2 heterocycles. The Morgan fingerprint density at radius 3 is 2.42 bits per heavy atom. The van der Waals surface area contributed by atoms with Crippen LogP contribution in [0.3, 0.4) is 0 Å². The fraction of sp³-hybridized carbons (Fsp3) is 0.174.